The Hall–Kier alpha value is -2.04. The third-order valence-electron chi connectivity index (χ3n) is 4.26. The maximum Gasteiger partial charge on any atom is 0.416 e. The van der Waals surface area contributed by atoms with Gasteiger partial charge in [-0.05, 0) is 29.2 Å². The van der Waals surface area contributed by atoms with Crippen molar-refractivity contribution in [2.24, 2.45) is 11.3 Å². The number of amides is 1. The fourth-order valence-corrected chi connectivity index (χ4v) is 2.79. The highest BCUT2D eigenvalue weighted by Gasteiger charge is 2.39. The molecule has 1 atom stereocenters. The van der Waals surface area contributed by atoms with Gasteiger partial charge in [0.2, 0.25) is 5.91 Å². The number of carbonyl (C=O) groups excluding carboxylic acids is 1. The van der Waals surface area contributed by atoms with Crippen molar-refractivity contribution in [3.05, 3.63) is 54.1 Å². The summed E-state index contributed by atoms with van der Waals surface area (Å²) < 4.78 is 37.6. The topological polar surface area (TPSA) is 20.3 Å². The number of hydrogen-bond donors (Lipinski definition) is 0. The molecule has 1 aliphatic heterocycles. The minimum Gasteiger partial charge on any atom is -0.338 e. The zero-order valence-corrected chi connectivity index (χ0v) is 13.2. The van der Waals surface area contributed by atoms with E-state index in [0.717, 1.165) is 12.1 Å². The van der Waals surface area contributed by atoms with Gasteiger partial charge in [0, 0.05) is 19.0 Å². The summed E-state index contributed by atoms with van der Waals surface area (Å²) in [5.41, 5.74) is -0.0259. The number of halogens is 3. The zero-order chi connectivity index (χ0) is 17.3. The molecule has 0 bridgehead atoms. The van der Waals surface area contributed by atoms with E-state index in [1.807, 2.05) is 12.2 Å². The van der Waals surface area contributed by atoms with Crippen LogP contribution in [0.5, 0.6) is 0 Å². The summed E-state index contributed by atoms with van der Waals surface area (Å²) in [6, 6.07) is 5.06. The van der Waals surface area contributed by atoms with Crippen LogP contribution < -0.4 is 0 Å². The Balaban J connectivity index is 2.10. The molecule has 124 valence electrons. The van der Waals surface area contributed by atoms with Gasteiger partial charge in [-0.25, -0.2) is 0 Å². The molecule has 0 spiro atoms. The van der Waals surface area contributed by atoms with Crippen LogP contribution in [-0.4, -0.2) is 23.9 Å². The third-order valence-corrected chi connectivity index (χ3v) is 4.26. The SMILES string of the molecule is C=CC(=O)N1C[C@@H](C=Cc2ccc(C(F)(F)F)cc2)C(C)(C)C1. The van der Waals surface area contributed by atoms with Crippen LogP contribution in [0, 0.1) is 11.3 Å². The van der Waals surface area contributed by atoms with Crippen LogP contribution in [0.15, 0.2) is 43.0 Å². The van der Waals surface area contributed by atoms with Gasteiger partial charge in [-0.2, -0.15) is 13.2 Å². The average molecular weight is 323 g/mol. The molecule has 1 saturated heterocycles. The maximum atomic E-state index is 12.5. The minimum atomic E-state index is -4.32. The van der Waals surface area contributed by atoms with Crippen LogP contribution in [0.3, 0.4) is 0 Å². The molecular formula is C18H20F3NO. The number of nitrogens with zero attached hydrogens (tertiary/aromatic N) is 1. The summed E-state index contributed by atoms with van der Waals surface area (Å²) in [5.74, 6) is 0.0530. The van der Waals surface area contributed by atoms with Crippen molar-refractivity contribution in [2.75, 3.05) is 13.1 Å². The summed E-state index contributed by atoms with van der Waals surface area (Å²) in [6.45, 7) is 8.88. The normalized spacial score (nSPS) is 20.9. The summed E-state index contributed by atoms with van der Waals surface area (Å²) in [4.78, 5) is 13.5. The van der Waals surface area contributed by atoms with Gasteiger partial charge in [0.25, 0.3) is 0 Å². The van der Waals surface area contributed by atoms with E-state index in [2.05, 4.69) is 20.4 Å². The van der Waals surface area contributed by atoms with E-state index in [1.54, 1.807) is 4.90 Å². The first-order valence-electron chi connectivity index (χ1n) is 7.40. The minimum absolute atomic E-state index is 0.0823. The fourth-order valence-electron chi connectivity index (χ4n) is 2.79. The van der Waals surface area contributed by atoms with E-state index in [4.69, 9.17) is 0 Å². The predicted octanol–water partition coefficient (Wildman–Crippen LogP) is 4.39. The summed E-state index contributed by atoms with van der Waals surface area (Å²) in [5, 5.41) is 0. The van der Waals surface area contributed by atoms with Crippen molar-refractivity contribution in [1.29, 1.82) is 0 Å². The van der Waals surface area contributed by atoms with Crippen LogP contribution in [-0.2, 0) is 11.0 Å². The zero-order valence-electron chi connectivity index (χ0n) is 13.2. The van der Waals surface area contributed by atoms with E-state index in [-0.39, 0.29) is 17.2 Å². The van der Waals surface area contributed by atoms with Crippen LogP contribution >= 0.6 is 0 Å². The first kappa shape index (κ1) is 17.3. The van der Waals surface area contributed by atoms with Gasteiger partial charge in [-0.1, -0.05) is 44.7 Å². The Kier molecular flexibility index (Phi) is 4.68. The molecule has 0 aliphatic carbocycles. The van der Waals surface area contributed by atoms with Crippen molar-refractivity contribution in [3.63, 3.8) is 0 Å². The Labute approximate surface area is 134 Å². The molecule has 1 aromatic carbocycles. The van der Waals surface area contributed by atoms with E-state index in [1.165, 1.54) is 18.2 Å². The van der Waals surface area contributed by atoms with Crippen LogP contribution in [0.2, 0.25) is 0 Å². The molecule has 1 fully saturated rings. The summed E-state index contributed by atoms with van der Waals surface area (Å²) >= 11 is 0. The molecule has 1 amide bonds. The van der Waals surface area contributed by atoms with Gasteiger partial charge >= 0.3 is 6.18 Å². The molecule has 0 saturated carbocycles. The fraction of sp³-hybridized carbons (Fsp3) is 0.389. The van der Waals surface area contributed by atoms with Crippen molar-refractivity contribution in [3.8, 4) is 0 Å². The summed E-state index contributed by atoms with van der Waals surface area (Å²) in [6.07, 6.45) is 0.771. The second kappa shape index (κ2) is 6.22. The number of carbonyl (C=O) groups is 1. The number of likely N-dealkylation sites (tertiary alicyclic amines) is 1. The van der Waals surface area contributed by atoms with Crippen molar-refractivity contribution in [1.82, 2.24) is 4.90 Å². The van der Waals surface area contributed by atoms with Gasteiger partial charge in [0.15, 0.2) is 0 Å². The molecule has 0 N–H and O–H groups in total. The molecule has 0 radical (unpaired) electrons. The standard InChI is InChI=1S/C18H20F3NO/c1-4-16(23)22-11-15(17(2,3)12-22)10-7-13-5-8-14(9-6-13)18(19,20)21/h4-10,15H,1,11-12H2,2-3H3/t15-/m1/s1. The van der Waals surface area contributed by atoms with Crippen LogP contribution in [0.4, 0.5) is 13.2 Å². The highest BCUT2D eigenvalue weighted by atomic mass is 19.4. The van der Waals surface area contributed by atoms with E-state index in [0.29, 0.717) is 18.7 Å². The summed E-state index contributed by atoms with van der Waals surface area (Å²) in [7, 11) is 0. The molecule has 23 heavy (non-hydrogen) atoms. The lowest BCUT2D eigenvalue weighted by molar-refractivity contribution is -0.137. The van der Waals surface area contributed by atoms with E-state index < -0.39 is 11.7 Å². The second-order valence-corrected chi connectivity index (χ2v) is 6.50. The molecular weight excluding hydrogens is 303 g/mol. The Morgan fingerprint density at radius 2 is 1.91 bits per heavy atom. The molecule has 2 nitrogen and oxygen atoms in total. The molecule has 2 rings (SSSR count). The lowest BCUT2D eigenvalue weighted by Gasteiger charge is -2.22. The first-order chi connectivity index (χ1) is 10.6. The molecule has 1 aromatic rings. The molecule has 0 aromatic heterocycles. The average Bonchev–Trinajstić information content (AvgIpc) is 2.78. The third kappa shape index (κ3) is 4.03. The molecule has 0 unspecified atom stereocenters. The van der Waals surface area contributed by atoms with Gasteiger partial charge in [0.05, 0.1) is 5.56 Å². The van der Waals surface area contributed by atoms with Crippen LogP contribution in [0.1, 0.15) is 25.0 Å². The van der Waals surface area contributed by atoms with Crippen LogP contribution in [0.25, 0.3) is 6.08 Å². The predicted molar refractivity (Wildman–Crippen MR) is 84.5 cm³/mol. The number of hydrogen-bond acceptors (Lipinski definition) is 1. The molecule has 1 heterocycles. The Bertz CT molecular complexity index is 614. The Morgan fingerprint density at radius 3 is 2.43 bits per heavy atom. The van der Waals surface area contributed by atoms with Crippen molar-refractivity contribution >= 4 is 12.0 Å². The molecule has 1 aliphatic rings. The largest absolute Gasteiger partial charge is 0.416 e. The first-order valence-corrected chi connectivity index (χ1v) is 7.40. The van der Waals surface area contributed by atoms with Gasteiger partial charge in [-0.15, -0.1) is 0 Å². The highest BCUT2D eigenvalue weighted by Crippen LogP contribution is 2.36. The van der Waals surface area contributed by atoms with E-state index >= 15 is 0 Å². The lowest BCUT2D eigenvalue weighted by atomic mass is 9.81. The van der Waals surface area contributed by atoms with Crippen molar-refractivity contribution < 1.29 is 18.0 Å². The monoisotopic (exact) mass is 323 g/mol. The highest BCUT2D eigenvalue weighted by molar-refractivity contribution is 5.87. The quantitative estimate of drug-likeness (QED) is 0.756. The smallest absolute Gasteiger partial charge is 0.338 e. The van der Waals surface area contributed by atoms with Crippen molar-refractivity contribution in [2.45, 2.75) is 20.0 Å². The van der Waals surface area contributed by atoms with Gasteiger partial charge in [0.1, 0.15) is 0 Å². The second-order valence-electron chi connectivity index (χ2n) is 6.50. The van der Waals surface area contributed by atoms with Gasteiger partial charge < -0.3 is 4.90 Å². The van der Waals surface area contributed by atoms with Gasteiger partial charge in [-0.3, -0.25) is 4.79 Å². The van der Waals surface area contributed by atoms with E-state index in [9.17, 15) is 18.0 Å². The number of rotatable bonds is 3. The molecule has 5 heteroatoms. The lowest BCUT2D eigenvalue weighted by Crippen LogP contribution is -2.28. The number of benzene rings is 1. The number of alkyl halides is 3. The Morgan fingerprint density at radius 1 is 1.30 bits per heavy atom. The maximum absolute atomic E-state index is 12.5.